The van der Waals surface area contributed by atoms with E-state index in [9.17, 15) is 0 Å². The zero-order chi connectivity index (χ0) is 15.2. The number of hydrogen-bond donors (Lipinski definition) is 1. The molecule has 0 aromatic heterocycles. The zero-order valence-electron chi connectivity index (χ0n) is 13.8. The van der Waals surface area contributed by atoms with Crippen molar-refractivity contribution >= 4 is 12.2 Å². The number of piperidine rings is 1. The molecule has 1 aromatic carbocycles. The molecular formula is C20H29N. The van der Waals surface area contributed by atoms with Gasteiger partial charge in [0.1, 0.15) is 0 Å². The van der Waals surface area contributed by atoms with Gasteiger partial charge in [-0.2, -0.15) is 0 Å². The topological polar surface area (TPSA) is 12.0 Å². The Morgan fingerprint density at radius 3 is 2.71 bits per heavy atom. The van der Waals surface area contributed by atoms with Crippen molar-refractivity contribution in [3.63, 3.8) is 0 Å². The van der Waals surface area contributed by atoms with Crippen molar-refractivity contribution in [2.45, 2.75) is 46.5 Å². The highest BCUT2D eigenvalue weighted by Gasteiger charge is 2.13. The maximum Gasteiger partial charge on any atom is -0.00463 e. The summed E-state index contributed by atoms with van der Waals surface area (Å²) in [5, 5.41) is 5.90. The number of hydrogen-bond acceptors (Lipinski definition) is 1. The van der Waals surface area contributed by atoms with Gasteiger partial charge in [-0.1, -0.05) is 30.9 Å². The van der Waals surface area contributed by atoms with Gasteiger partial charge in [-0.05, 0) is 92.6 Å². The largest absolute Gasteiger partial charge is 0.317 e. The summed E-state index contributed by atoms with van der Waals surface area (Å²) in [7, 11) is 0. The van der Waals surface area contributed by atoms with Crippen LogP contribution in [0.2, 0.25) is 0 Å². The van der Waals surface area contributed by atoms with Crippen LogP contribution in [0.3, 0.4) is 0 Å². The van der Waals surface area contributed by atoms with Gasteiger partial charge >= 0.3 is 0 Å². The summed E-state index contributed by atoms with van der Waals surface area (Å²) >= 11 is 0. The van der Waals surface area contributed by atoms with Gasteiger partial charge in [-0.3, -0.25) is 0 Å². The molecule has 0 amide bonds. The third-order valence-electron chi connectivity index (χ3n) is 4.68. The molecular weight excluding hydrogens is 254 g/mol. The molecule has 114 valence electrons. The number of benzene rings is 1. The van der Waals surface area contributed by atoms with Crippen LogP contribution >= 0.6 is 0 Å². The Hall–Kier alpha value is -1.34. The third kappa shape index (κ3) is 4.31. The molecule has 0 spiro atoms. The van der Waals surface area contributed by atoms with E-state index in [4.69, 9.17) is 0 Å². The van der Waals surface area contributed by atoms with Crippen molar-refractivity contribution < 1.29 is 0 Å². The summed E-state index contributed by atoms with van der Waals surface area (Å²) in [6.07, 6.45) is 9.44. The molecule has 1 nitrogen and oxygen atoms in total. The Bertz CT molecular complexity index is 603. The standard InChI is InChI=1S/C20H29N/c1-5-6-15(2)20-14-16(3)19(13-17(20)4)8-7-18-9-11-21-12-10-18/h5-6,13-14,18,21H,4,7-12H2,1-3H3/b6-5-,20-15-. The van der Waals surface area contributed by atoms with Crippen molar-refractivity contribution in [2.75, 3.05) is 13.1 Å². The Balaban J connectivity index is 2.16. The number of rotatable bonds is 4. The number of nitrogens with one attached hydrogen (secondary N) is 1. The molecule has 1 aliphatic heterocycles. The lowest BCUT2D eigenvalue weighted by Gasteiger charge is -2.22. The average Bonchev–Trinajstić information content (AvgIpc) is 2.49. The molecule has 1 heterocycles. The number of allylic oxidation sites excluding steroid dienone is 2. The van der Waals surface area contributed by atoms with Crippen molar-refractivity contribution in [1.29, 1.82) is 0 Å². The highest BCUT2D eigenvalue weighted by atomic mass is 14.9. The van der Waals surface area contributed by atoms with E-state index in [2.05, 4.69) is 57.0 Å². The smallest absolute Gasteiger partial charge is 0.00463 e. The van der Waals surface area contributed by atoms with Crippen LogP contribution < -0.4 is 15.8 Å². The molecule has 1 aliphatic rings. The summed E-state index contributed by atoms with van der Waals surface area (Å²) in [6.45, 7) is 13.1. The summed E-state index contributed by atoms with van der Waals surface area (Å²) in [4.78, 5) is 0. The highest BCUT2D eigenvalue weighted by Crippen LogP contribution is 2.19. The molecule has 0 bridgehead atoms. The average molecular weight is 283 g/mol. The predicted molar refractivity (Wildman–Crippen MR) is 93.8 cm³/mol. The Kier molecular flexibility index (Phi) is 5.81. The maximum atomic E-state index is 4.26. The molecule has 0 aliphatic carbocycles. The Morgan fingerprint density at radius 1 is 1.33 bits per heavy atom. The monoisotopic (exact) mass is 283 g/mol. The first-order valence-electron chi connectivity index (χ1n) is 8.24. The van der Waals surface area contributed by atoms with Crippen molar-refractivity contribution in [2.24, 2.45) is 5.92 Å². The zero-order valence-corrected chi connectivity index (χ0v) is 13.8. The van der Waals surface area contributed by atoms with E-state index in [1.807, 2.05) is 0 Å². The lowest BCUT2D eigenvalue weighted by Crippen LogP contribution is -2.28. The summed E-state index contributed by atoms with van der Waals surface area (Å²) in [5.74, 6) is 0.898. The van der Waals surface area contributed by atoms with E-state index in [1.165, 1.54) is 60.7 Å². The molecule has 1 N–H and O–H groups in total. The quantitative estimate of drug-likeness (QED) is 0.895. The van der Waals surface area contributed by atoms with Gasteiger partial charge in [0, 0.05) is 0 Å². The van der Waals surface area contributed by atoms with Crippen LogP contribution in [0.1, 0.15) is 44.2 Å². The normalized spacial score (nSPS) is 18.2. The van der Waals surface area contributed by atoms with Gasteiger partial charge in [0.15, 0.2) is 0 Å². The van der Waals surface area contributed by atoms with Crippen LogP contribution in [-0.4, -0.2) is 13.1 Å². The van der Waals surface area contributed by atoms with Gasteiger partial charge in [0.25, 0.3) is 0 Å². The molecule has 1 fully saturated rings. The van der Waals surface area contributed by atoms with Gasteiger partial charge in [0.2, 0.25) is 0 Å². The van der Waals surface area contributed by atoms with E-state index in [-0.39, 0.29) is 0 Å². The second-order valence-electron chi connectivity index (χ2n) is 6.35. The summed E-state index contributed by atoms with van der Waals surface area (Å²) in [5.41, 5.74) is 4.20. The molecule has 0 unspecified atom stereocenters. The first kappa shape index (κ1) is 16.0. The van der Waals surface area contributed by atoms with Gasteiger partial charge < -0.3 is 5.32 Å². The van der Waals surface area contributed by atoms with Gasteiger partial charge in [-0.25, -0.2) is 0 Å². The van der Waals surface area contributed by atoms with E-state index in [0.717, 1.165) is 11.1 Å². The third-order valence-corrected chi connectivity index (χ3v) is 4.68. The lowest BCUT2D eigenvalue weighted by atomic mass is 9.90. The lowest BCUT2D eigenvalue weighted by molar-refractivity contribution is 0.354. The first-order chi connectivity index (χ1) is 10.1. The van der Waals surface area contributed by atoms with Crippen LogP contribution in [0.15, 0.2) is 24.3 Å². The first-order valence-corrected chi connectivity index (χ1v) is 8.24. The fraction of sp³-hybridized carbons (Fsp3) is 0.500. The van der Waals surface area contributed by atoms with Crippen LogP contribution in [0.25, 0.3) is 12.2 Å². The second kappa shape index (κ2) is 7.61. The minimum atomic E-state index is 0.898. The molecule has 21 heavy (non-hydrogen) atoms. The van der Waals surface area contributed by atoms with Crippen molar-refractivity contribution in [3.05, 3.63) is 45.8 Å². The van der Waals surface area contributed by atoms with E-state index >= 15 is 0 Å². The molecule has 0 radical (unpaired) electrons. The number of aryl methyl sites for hydroxylation is 2. The van der Waals surface area contributed by atoms with Crippen molar-refractivity contribution in [3.8, 4) is 0 Å². The van der Waals surface area contributed by atoms with E-state index in [1.54, 1.807) is 0 Å². The van der Waals surface area contributed by atoms with Crippen molar-refractivity contribution in [1.82, 2.24) is 5.32 Å². The molecule has 2 rings (SSSR count). The van der Waals surface area contributed by atoms with Gasteiger partial charge in [0.05, 0.1) is 0 Å². The van der Waals surface area contributed by atoms with Crippen LogP contribution in [0, 0.1) is 12.8 Å². The molecule has 1 aromatic rings. The van der Waals surface area contributed by atoms with E-state index in [0.29, 0.717) is 0 Å². The Morgan fingerprint density at radius 2 is 2.05 bits per heavy atom. The van der Waals surface area contributed by atoms with Gasteiger partial charge in [-0.15, -0.1) is 0 Å². The SMILES string of the molecule is C=c1cc(CCC2CCNCC2)c(C)c/c1=C(C)/C=C\C. The highest BCUT2D eigenvalue weighted by molar-refractivity contribution is 5.55. The fourth-order valence-corrected chi connectivity index (χ4v) is 3.31. The second-order valence-corrected chi connectivity index (χ2v) is 6.35. The molecule has 0 atom stereocenters. The summed E-state index contributed by atoms with van der Waals surface area (Å²) in [6, 6.07) is 4.62. The van der Waals surface area contributed by atoms with Crippen LogP contribution in [0.5, 0.6) is 0 Å². The minimum absolute atomic E-state index is 0.898. The van der Waals surface area contributed by atoms with Crippen LogP contribution in [-0.2, 0) is 6.42 Å². The maximum absolute atomic E-state index is 4.26. The summed E-state index contributed by atoms with van der Waals surface area (Å²) < 4.78 is 0. The Labute approximate surface area is 129 Å². The molecule has 0 saturated carbocycles. The molecule has 1 heteroatoms. The fourth-order valence-electron chi connectivity index (χ4n) is 3.31. The minimum Gasteiger partial charge on any atom is -0.317 e. The molecule has 1 saturated heterocycles. The van der Waals surface area contributed by atoms with E-state index < -0.39 is 0 Å². The van der Waals surface area contributed by atoms with Crippen LogP contribution in [0.4, 0.5) is 0 Å². The predicted octanol–water partition coefficient (Wildman–Crippen LogP) is 3.08.